The standard InChI is InChI=1S/C15H12ClN3O5/c1-23-15(20)18-17-9-10-2-5-12(6-3-10)24-14-7-4-11(16)8-13(14)19(21)22/h2-9H,1H3,(H,18,20)/b17-9-. The summed E-state index contributed by atoms with van der Waals surface area (Å²) in [6, 6.07) is 10.7. The molecule has 1 amide bonds. The third-order valence-corrected chi connectivity index (χ3v) is 3.02. The zero-order chi connectivity index (χ0) is 17.5. The second-order valence-electron chi connectivity index (χ2n) is 4.40. The van der Waals surface area contributed by atoms with Gasteiger partial charge in [-0.1, -0.05) is 11.6 Å². The second-order valence-corrected chi connectivity index (χ2v) is 4.84. The summed E-state index contributed by atoms with van der Waals surface area (Å²) in [6.07, 6.45) is 0.729. The fourth-order valence-corrected chi connectivity index (χ4v) is 1.84. The van der Waals surface area contributed by atoms with Gasteiger partial charge in [-0.3, -0.25) is 10.1 Å². The van der Waals surface area contributed by atoms with Crippen LogP contribution < -0.4 is 10.2 Å². The van der Waals surface area contributed by atoms with E-state index in [-0.39, 0.29) is 16.5 Å². The average molecular weight is 350 g/mol. The first-order valence-corrected chi connectivity index (χ1v) is 6.96. The van der Waals surface area contributed by atoms with Crippen LogP contribution in [0, 0.1) is 10.1 Å². The van der Waals surface area contributed by atoms with E-state index < -0.39 is 11.0 Å². The summed E-state index contributed by atoms with van der Waals surface area (Å²) in [4.78, 5) is 21.3. The first kappa shape index (κ1) is 17.2. The summed E-state index contributed by atoms with van der Waals surface area (Å²) in [6.45, 7) is 0. The molecule has 0 aromatic heterocycles. The number of hydrogen-bond acceptors (Lipinski definition) is 6. The lowest BCUT2D eigenvalue weighted by atomic mass is 10.2. The fraction of sp³-hybridized carbons (Fsp3) is 0.0667. The number of benzene rings is 2. The van der Waals surface area contributed by atoms with Crippen LogP contribution in [0.3, 0.4) is 0 Å². The molecule has 0 aliphatic carbocycles. The van der Waals surface area contributed by atoms with Crippen molar-refractivity contribution in [2.75, 3.05) is 7.11 Å². The Bertz CT molecular complexity index is 777. The van der Waals surface area contributed by atoms with E-state index in [2.05, 4.69) is 15.3 Å². The quantitative estimate of drug-likeness (QED) is 0.503. The highest BCUT2D eigenvalue weighted by molar-refractivity contribution is 6.30. The normalized spacial score (nSPS) is 10.4. The molecule has 0 aliphatic rings. The number of nitrogens with zero attached hydrogens (tertiary/aromatic N) is 2. The van der Waals surface area contributed by atoms with Crippen molar-refractivity contribution >= 4 is 29.6 Å². The summed E-state index contributed by atoms with van der Waals surface area (Å²) in [5.74, 6) is 0.483. The number of nitro benzene ring substituents is 1. The van der Waals surface area contributed by atoms with Gasteiger partial charge in [0.1, 0.15) is 5.75 Å². The number of carbonyl (C=O) groups excluding carboxylic acids is 1. The lowest BCUT2D eigenvalue weighted by molar-refractivity contribution is -0.385. The van der Waals surface area contributed by atoms with E-state index in [0.717, 1.165) is 0 Å². The van der Waals surface area contributed by atoms with Gasteiger partial charge in [-0.2, -0.15) is 5.10 Å². The van der Waals surface area contributed by atoms with E-state index in [4.69, 9.17) is 16.3 Å². The zero-order valence-electron chi connectivity index (χ0n) is 12.4. The van der Waals surface area contributed by atoms with Crippen molar-refractivity contribution in [3.8, 4) is 11.5 Å². The topological polar surface area (TPSA) is 103 Å². The Morgan fingerprint density at radius 3 is 2.62 bits per heavy atom. The number of rotatable bonds is 5. The van der Waals surface area contributed by atoms with Gasteiger partial charge in [-0.15, -0.1) is 0 Å². The Morgan fingerprint density at radius 1 is 1.29 bits per heavy atom. The van der Waals surface area contributed by atoms with Crippen molar-refractivity contribution in [1.29, 1.82) is 0 Å². The van der Waals surface area contributed by atoms with E-state index in [1.54, 1.807) is 24.3 Å². The number of amides is 1. The molecule has 24 heavy (non-hydrogen) atoms. The van der Waals surface area contributed by atoms with Gasteiger partial charge in [0.15, 0.2) is 0 Å². The molecule has 0 fully saturated rings. The van der Waals surface area contributed by atoms with Gasteiger partial charge in [-0.05, 0) is 42.0 Å². The van der Waals surface area contributed by atoms with Gasteiger partial charge in [0, 0.05) is 11.1 Å². The number of hydrogen-bond donors (Lipinski definition) is 1. The molecule has 1 N–H and O–H groups in total. The monoisotopic (exact) mass is 349 g/mol. The SMILES string of the molecule is COC(=O)N/N=C\c1ccc(Oc2ccc(Cl)cc2[N+](=O)[O-])cc1. The maximum absolute atomic E-state index is 11.0. The lowest BCUT2D eigenvalue weighted by Gasteiger charge is -2.06. The smallest absolute Gasteiger partial charge is 0.427 e. The Kier molecular flexibility index (Phi) is 5.69. The number of halogens is 1. The molecule has 0 aliphatic heterocycles. The first-order chi connectivity index (χ1) is 11.5. The minimum atomic E-state index is -0.679. The number of nitrogens with one attached hydrogen (secondary N) is 1. The molecule has 0 bridgehead atoms. The largest absolute Gasteiger partial charge is 0.452 e. The number of ether oxygens (including phenoxy) is 2. The van der Waals surface area contributed by atoms with Crippen LogP contribution in [0.5, 0.6) is 11.5 Å². The fourth-order valence-electron chi connectivity index (χ4n) is 1.67. The van der Waals surface area contributed by atoms with Gasteiger partial charge in [0.2, 0.25) is 5.75 Å². The predicted molar refractivity (Wildman–Crippen MR) is 87.8 cm³/mol. The van der Waals surface area contributed by atoms with Crippen LogP contribution in [0.2, 0.25) is 5.02 Å². The average Bonchev–Trinajstić information content (AvgIpc) is 2.57. The highest BCUT2D eigenvalue weighted by Crippen LogP contribution is 2.33. The van der Waals surface area contributed by atoms with Crippen LogP contribution in [-0.4, -0.2) is 24.3 Å². The zero-order valence-corrected chi connectivity index (χ0v) is 13.2. The minimum absolute atomic E-state index is 0.0816. The Labute approximate surface area is 141 Å². The van der Waals surface area contributed by atoms with Crippen LogP contribution in [0.1, 0.15) is 5.56 Å². The maximum atomic E-state index is 11.0. The Hall–Kier alpha value is -3.13. The van der Waals surface area contributed by atoms with Crippen LogP contribution in [0.25, 0.3) is 0 Å². The molecule has 0 unspecified atom stereocenters. The highest BCUT2D eigenvalue weighted by atomic mass is 35.5. The number of methoxy groups -OCH3 is 1. The molecule has 9 heteroatoms. The molecule has 124 valence electrons. The van der Waals surface area contributed by atoms with E-state index in [9.17, 15) is 14.9 Å². The second kappa shape index (κ2) is 7.93. The predicted octanol–water partition coefficient (Wildman–Crippen LogP) is 3.73. The Morgan fingerprint density at radius 2 is 2.00 bits per heavy atom. The molecule has 0 atom stereocenters. The number of carbonyl (C=O) groups is 1. The summed E-state index contributed by atoms with van der Waals surface area (Å²) in [5, 5.41) is 14.9. The molecule has 0 spiro atoms. The molecule has 0 heterocycles. The molecule has 0 radical (unpaired) electrons. The maximum Gasteiger partial charge on any atom is 0.427 e. The van der Waals surface area contributed by atoms with Gasteiger partial charge < -0.3 is 9.47 Å². The van der Waals surface area contributed by atoms with Gasteiger partial charge in [-0.25, -0.2) is 10.2 Å². The van der Waals surface area contributed by atoms with E-state index >= 15 is 0 Å². The summed E-state index contributed by atoms with van der Waals surface area (Å²) < 4.78 is 9.87. The third-order valence-electron chi connectivity index (χ3n) is 2.78. The van der Waals surface area contributed by atoms with E-state index in [0.29, 0.717) is 11.3 Å². The van der Waals surface area contributed by atoms with E-state index in [1.165, 1.54) is 31.5 Å². The van der Waals surface area contributed by atoms with Crippen molar-refractivity contribution in [2.24, 2.45) is 5.10 Å². The van der Waals surface area contributed by atoms with Crippen molar-refractivity contribution < 1.29 is 19.2 Å². The summed E-state index contributed by atoms with van der Waals surface area (Å²) in [7, 11) is 1.23. The van der Waals surface area contributed by atoms with Crippen LogP contribution in [-0.2, 0) is 4.74 Å². The lowest BCUT2D eigenvalue weighted by Crippen LogP contribution is -2.16. The molecule has 2 aromatic carbocycles. The molecular formula is C15H12ClN3O5. The molecule has 0 saturated carbocycles. The van der Waals surface area contributed by atoms with Crippen LogP contribution in [0.15, 0.2) is 47.6 Å². The highest BCUT2D eigenvalue weighted by Gasteiger charge is 2.16. The molecule has 2 rings (SSSR count). The minimum Gasteiger partial charge on any atom is -0.452 e. The molecule has 8 nitrogen and oxygen atoms in total. The van der Waals surface area contributed by atoms with Crippen molar-refractivity contribution in [3.05, 3.63) is 63.2 Å². The van der Waals surface area contributed by atoms with Crippen molar-refractivity contribution in [1.82, 2.24) is 5.43 Å². The van der Waals surface area contributed by atoms with Gasteiger partial charge >= 0.3 is 11.8 Å². The number of nitro groups is 1. The van der Waals surface area contributed by atoms with Crippen LogP contribution >= 0.6 is 11.6 Å². The number of hydrazone groups is 1. The van der Waals surface area contributed by atoms with Gasteiger partial charge in [0.05, 0.1) is 18.2 Å². The van der Waals surface area contributed by atoms with Crippen molar-refractivity contribution in [2.45, 2.75) is 0 Å². The third kappa shape index (κ3) is 4.68. The summed E-state index contributed by atoms with van der Waals surface area (Å²) >= 11 is 5.75. The Balaban J connectivity index is 2.10. The molecule has 2 aromatic rings. The van der Waals surface area contributed by atoms with E-state index in [1.807, 2.05) is 0 Å². The van der Waals surface area contributed by atoms with Crippen molar-refractivity contribution in [3.63, 3.8) is 0 Å². The molecular weight excluding hydrogens is 338 g/mol. The summed E-state index contributed by atoms with van der Waals surface area (Å²) in [5.41, 5.74) is 2.61. The molecule has 0 saturated heterocycles. The van der Waals surface area contributed by atoms with Crippen LogP contribution in [0.4, 0.5) is 10.5 Å². The first-order valence-electron chi connectivity index (χ1n) is 6.58. The van der Waals surface area contributed by atoms with Gasteiger partial charge in [0.25, 0.3) is 0 Å².